The minimum absolute atomic E-state index is 0.0495. The van der Waals surface area contributed by atoms with Crippen LogP contribution in [0.1, 0.15) is 24.7 Å². The molecule has 1 aliphatic rings. The van der Waals surface area contributed by atoms with E-state index in [0.717, 1.165) is 50.5 Å². The van der Waals surface area contributed by atoms with Gasteiger partial charge in [0.25, 0.3) is 0 Å². The van der Waals surface area contributed by atoms with Crippen molar-refractivity contribution in [3.05, 3.63) is 51.8 Å². The molecule has 1 N–H and O–H groups in total. The van der Waals surface area contributed by atoms with Gasteiger partial charge in [-0.2, -0.15) is 0 Å². The molecule has 8 nitrogen and oxygen atoms in total. The maximum atomic E-state index is 11.7. The average Bonchev–Trinajstić information content (AvgIpc) is 3.06. The number of nitrogens with zero attached hydrogens (tertiary/aromatic N) is 5. The van der Waals surface area contributed by atoms with Crippen LogP contribution in [0.25, 0.3) is 0 Å². The second-order valence-electron chi connectivity index (χ2n) is 6.76. The minimum Gasteiger partial charge on any atom is -0.396 e. The van der Waals surface area contributed by atoms with Crippen molar-refractivity contribution >= 4 is 11.6 Å². The Labute approximate surface area is 159 Å². The van der Waals surface area contributed by atoms with E-state index in [9.17, 15) is 10.1 Å². The molecule has 1 fully saturated rings. The van der Waals surface area contributed by atoms with Gasteiger partial charge in [-0.15, -0.1) is 0 Å². The number of hydrogen-bond donors (Lipinski definition) is 1. The Morgan fingerprint density at radius 3 is 2.48 bits per heavy atom. The number of imidazole rings is 1. The molecule has 0 spiro atoms. The van der Waals surface area contributed by atoms with Gasteiger partial charge in [-0.3, -0.25) is 9.47 Å². The van der Waals surface area contributed by atoms with Crippen LogP contribution in [0, 0.1) is 10.1 Å². The molecular weight excluding hydrogens is 346 g/mol. The molecule has 0 radical (unpaired) electrons. The largest absolute Gasteiger partial charge is 0.406 e. The molecule has 1 aromatic carbocycles. The van der Waals surface area contributed by atoms with Gasteiger partial charge >= 0.3 is 5.82 Å². The maximum Gasteiger partial charge on any atom is 0.406 e. The average molecular weight is 373 g/mol. The summed E-state index contributed by atoms with van der Waals surface area (Å²) < 4.78 is 2.00. The smallest absolute Gasteiger partial charge is 0.396 e. The van der Waals surface area contributed by atoms with E-state index in [4.69, 9.17) is 5.11 Å². The summed E-state index contributed by atoms with van der Waals surface area (Å²) in [5.74, 6) is 1.30. The second kappa shape index (κ2) is 8.96. The summed E-state index contributed by atoms with van der Waals surface area (Å²) in [6, 6.07) is 9.98. The summed E-state index contributed by atoms with van der Waals surface area (Å²) >= 11 is 0. The normalized spacial score (nSPS) is 15.3. The minimum atomic E-state index is -0.367. The third-order valence-electron chi connectivity index (χ3n) is 4.98. The van der Waals surface area contributed by atoms with Gasteiger partial charge in [-0.05, 0) is 21.9 Å². The van der Waals surface area contributed by atoms with E-state index in [1.807, 2.05) is 41.8 Å². The number of aliphatic hydroxyl groups is 1. The first-order chi connectivity index (χ1) is 13.1. The van der Waals surface area contributed by atoms with Crippen LogP contribution >= 0.6 is 0 Å². The molecule has 0 saturated carbocycles. The van der Waals surface area contributed by atoms with Crippen LogP contribution in [-0.2, 0) is 13.0 Å². The summed E-state index contributed by atoms with van der Waals surface area (Å²) in [5.41, 5.74) is 1.10. The van der Waals surface area contributed by atoms with Crippen LogP contribution < -0.4 is 4.90 Å². The number of rotatable bonds is 8. The fraction of sp³-hybridized carbons (Fsp3) is 0.526. The van der Waals surface area contributed by atoms with Crippen LogP contribution in [0.2, 0.25) is 0 Å². The van der Waals surface area contributed by atoms with Crippen LogP contribution in [-0.4, -0.2) is 63.8 Å². The summed E-state index contributed by atoms with van der Waals surface area (Å²) in [4.78, 5) is 20.0. The third kappa shape index (κ3) is 4.45. The first-order valence-corrected chi connectivity index (χ1v) is 9.50. The molecule has 3 rings (SSSR count). The van der Waals surface area contributed by atoms with Gasteiger partial charge in [0, 0.05) is 45.8 Å². The molecule has 0 bridgehead atoms. The molecule has 1 aromatic heterocycles. The van der Waals surface area contributed by atoms with E-state index in [2.05, 4.69) is 14.8 Å². The first kappa shape index (κ1) is 19.3. The number of aryl methyl sites for hydroxylation is 1. The lowest BCUT2D eigenvalue weighted by Gasteiger charge is -2.35. The number of aromatic nitrogens is 2. The van der Waals surface area contributed by atoms with E-state index in [0.29, 0.717) is 18.8 Å². The number of aliphatic hydroxyl groups excluding tert-OH is 1. The number of piperazine rings is 1. The van der Waals surface area contributed by atoms with Crippen molar-refractivity contribution in [1.82, 2.24) is 14.5 Å². The Morgan fingerprint density at radius 1 is 1.19 bits per heavy atom. The SMILES string of the molecule is CCc1nc([N+](=O)[O-])c(N2CCN(CCCO)CC2)n1Cc1ccccc1. The molecule has 0 aliphatic carbocycles. The molecule has 2 heterocycles. The predicted molar refractivity (Wildman–Crippen MR) is 104 cm³/mol. The van der Waals surface area contributed by atoms with Crippen molar-refractivity contribution in [3.8, 4) is 0 Å². The third-order valence-corrected chi connectivity index (χ3v) is 4.98. The molecule has 0 unspecified atom stereocenters. The van der Waals surface area contributed by atoms with Gasteiger partial charge in [-0.1, -0.05) is 37.3 Å². The highest BCUT2D eigenvalue weighted by Crippen LogP contribution is 2.31. The van der Waals surface area contributed by atoms with E-state index in [-0.39, 0.29) is 17.3 Å². The molecular formula is C19H27N5O3. The Hall–Kier alpha value is -2.45. The van der Waals surface area contributed by atoms with Crippen molar-refractivity contribution in [3.63, 3.8) is 0 Å². The molecule has 0 amide bonds. The standard InChI is InChI=1S/C19H27N5O3/c1-2-17-20-18(24(26)27)19(23(17)15-16-7-4-3-5-8-16)22-12-10-21(11-13-22)9-6-14-25/h3-5,7-8,25H,2,6,9-15H2,1H3. The fourth-order valence-electron chi connectivity index (χ4n) is 3.59. The highest BCUT2D eigenvalue weighted by Gasteiger charge is 2.32. The molecule has 2 aromatic rings. The molecule has 146 valence electrons. The van der Waals surface area contributed by atoms with Crippen LogP contribution in [0.4, 0.5) is 11.6 Å². The number of nitro groups is 1. The van der Waals surface area contributed by atoms with Crippen molar-refractivity contribution in [2.45, 2.75) is 26.3 Å². The van der Waals surface area contributed by atoms with Crippen molar-refractivity contribution in [2.75, 3.05) is 44.2 Å². The lowest BCUT2D eigenvalue weighted by molar-refractivity contribution is -0.388. The zero-order valence-electron chi connectivity index (χ0n) is 15.8. The fourth-order valence-corrected chi connectivity index (χ4v) is 3.59. The van der Waals surface area contributed by atoms with Gasteiger partial charge in [0.05, 0.1) is 6.54 Å². The van der Waals surface area contributed by atoms with Gasteiger partial charge in [0.2, 0.25) is 11.6 Å². The highest BCUT2D eigenvalue weighted by atomic mass is 16.6. The Bertz CT molecular complexity index is 754. The Morgan fingerprint density at radius 2 is 1.89 bits per heavy atom. The molecule has 27 heavy (non-hydrogen) atoms. The number of benzene rings is 1. The van der Waals surface area contributed by atoms with Gasteiger partial charge < -0.3 is 20.1 Å². The Kier molecular flexibility index (Phi) is 6.41. The van der Waals surface area contributed by atoms with Crippen LogP contribution in [0.5, 0.6) is 0 Å². The van der Waals surface area contributed by atoms with Crippen LogP contribution in [0.15, 0.2) is 30.3 Å². The van der Waals surface area contributed by atoms with Crippen molar-refractivity contribution in [2.24, 2.45) is 0 Å². The summed E-state index contributed by atoms with van der Waals surface area (Å²) in [7, 11) is 0. The Balaban J connectivity index is 1.88. The van der Waals surface area contributed by atoms with Crippen molar-refractivity contribution in [1.29, 1.82) is 0 Å². The zero-order chi connectivity index (χ0) is 19.2. The van der Waals surface area contributed by atoms with E-state index in [1.165, 1.54) is 0 Å². The quantitative estimate of drug-likeness (QED) is 0.562. The van der Waals surface area contributed by atoms with E-state index in [1.54, 1.807) is 0 Å². The lowest BCUT2D eigenvalue weighted by Crippen LogP contribution is -2.47. The van der Waals surface area contributed by atoms with Gasteiger partial charge in [-0.25, -0.2) is 0 Å². The first-order valence-electron chi connectivity index (χ1n) is 9.50. The maximum absolute atomic E-state index is 11.7. The van der Waals surface area contributed by atoms with Gasteiger partial charge in [0.1, 0.15) is 0 Å². The monoisotopic (exact) mass is 373 g/mol. The number of hydrogen-bond acceptors (Lipinski definition) is 6. The summed E-state index contributed by atoms with van der Waals surface area (Å²) in [6.45, 7) is 6.69. The van der Waals surface area contributed by atoms with Crippen LogP contribution in [0.3, 0.4) is 0 Å². The van der Waals surface area contributed by atoms with Crippen molar-refractivity contribution < 1.29 is 10.0 Å². The van der Waals surface area contributed by atoms with Gasteiger partial charge in [0.15, 0.2) is 0 Å². The predicted octanol–water partition coefficient (Wildman–Crippen LogP) is 1.91. The zero-order valence-corrected chi connectivity index (χ0v) is 15.8. The van der Waals surface area contributed by atoms with E-state index >= 15 is 0 Å². The summed E-state index contributed by atoms with van der Waals surface area (Å²) in [6.07, 6.45) is 1.40. The highest BCUT2D eigenvalue weighted by molar-refractivity contribution is 5.57. The molecule has 8 heteroatoms. The van der Waals surface area contributed by atoms with E-state index < -0.39 is 0 Å². The topological polar surface area (TPSA) is 87.7 Å². The second-order valence-corrected chi connectivity index (χ2v) is 6.76. The molecule has 1 saturated heterocycles. The number of anilines is 1. The molecule has 0 atom stereocenters. The molecule has 1 aliphatic heterocycles. The lowest BCUT2D eigenvalue weighted by atomic mass is 10.2. The summed E-state index contributed by atoms with van der Waals surface area (Å²) in [5, 5.41) is 20.7.